The van der Waals surface area contributed by atoms with Gasteiger partial charge in [-0.1, -0.05) is 89.5 Å². The Balaban J connectivity index is 1.76. The first-order valence-electron chi connectivity index (χ1n) is 11.0. The molecule has 5 rings (SSSR count). The predicted molar refractivity (Wildman–Crippen MR) is 144 cm³/mol. The van der Waals surface area contributed by atoms with Gasteiger partial charge in [0.05, 0.1) is 23.3 Å². The first-order chi connectivity index (χ1) is 16.7. The molecule has 3 heterocycles. The standard InChI is InChI=1S/C24H22BrCl2N7S/c1-24(2,3)23-32-31-22(35-23)20-19(11-33-13-28-12-29-33)34(16-7-4-14(25)5-8-16)21(30-20)17-9-6-15(26)10-18(17)27/h4-7,9-10,12-13,16H,8,11H2,1-3H3. The Morgan fingerprint density at radius 2 is 2.03 bits per heavy atom. The molecule has 180 valence electrons. The van der Waals surface area contributed by atoms with Crippen molar-refractivity contribution in [2.45, 2.75) is 45.2 Å². The van der Waals surface area contributed by atoms with Crippen molar-refractivity contribution in [1.29, 1.82) is 0 Å². The van der Waals surface area contributed by atoms with Crippen molar-refractivity contribution in [1.82, 2.24) is 34.5 Å². The van der Waals surface area contributed by atoms with Gasteiger partial charge in [0.15, 0.2) is 5.01 Å². The summed E-state index contributed by atoms with van der Waals surface area (Å²) in [6, 6.07) is 5.50. The van der Waals surface area contributed by atoms with Gasteiger partial charge in [-0.2, -0.15) is 5.10 Å². The number of hydrogen-bond acceptors (Lipinski definition) is 6. The van der Waals surface area contributed by atoms with Gasteiger partial charge in [-0.15, -0.1) is 10.2 Å². The van der Waals surface area contributed by atoms with Crippen LogP contribution in [-0.4, -0.2) is 34.5 Å². The second-order valence-corrected chi connectivity index (χ2v) is 12.0. The van der Waals surface area contributed by atoms with E-state index in [9.17, 15) is 0 Å². The summed E-state index contributed by atoms with van der Waals surface area (Å²) >= 11 is 18.0. The summed E-state index contributed by atoms with van der Waals surface area (Å²) < 4.78 is 5.06. The third kappa shape index (κ3) is 5.00. The van der Waals surface area contributed by atoms with Gasteiger partial charge in [0.2, 0.25) is 0 Å². The largest absolute Gasteiger partial charge is 0.318 e. The molecule has 0 bridgehead atoms. The number of aromatic nitrogens is 7. The van der Waals surface area contributed by atoms with Crippen LogP contribution in [0.25, 0.3) is 22.1 Å². The summed E-state index contributed by atoms with van der Waals surface area (Å²) in [4.78, 5) is 9.26. The molecule has 0 amide bonds. The lowest BCUT2D eigenvalue weighted by molar-refractivity contribution is 0.559. The Bertz CT molecular complexity index is 1430. The number of hydrogen-bond donors (Lipinski definition) is 0. The van der Waals surface area contributed by atoms with Crippen LogP contribution in [0.2, 0.25) is 10.0 Å². The van der Waals surface area contributed by atoms with Crippen molar-refractivity contribution in [3.8, 4) is 22.1 Å². The number of imidazole rings is 1. The molecule has 1 aliphatic rings. The highest BCUT2D eigenvalue weighted by molar-refractivity contribution is 9.11. The van der Waals surface area contributed by atoms with E-state index in [-0.39, 0.29) is 11.5 Å². The first-order valence-corrected chi connectivity index (χ1v) is 13.3. The van der Waals surface area contributed by atoms with E-state index in [1.807, 2.05) is 12.1 Å². The lowest BCUT2D eigenvalue weighted by atomic mass is 9.98. The molecule has 0 saturated carbocycles. The normalized spacial score (nSPS) is 16.1. The van der Waals surface area contributed by atoms with E-state index in [1.165, 1.54) is 6.33 Å². The van der Waals surface area contributed by atoms with Crippen LogP contribution in [0.1, 0.15) is 43.9 Å². The Kier molecular flexibility index (Phi) is 6.69. The summed E-state index contributed by atoms with van der Waals surface area (Å²) in [7, 11) is 0. The minimum absolute atomic E-state index is 0.0211. The van der Waals surface area contributed by atoms with Gasteiger partial charge in [-0.25, -0.2) is 14.6 Å². The number of halogens is 3. The number of rotatable bonds is 5. The third-order valence-electron chi connectivity index (χ3n) is 5.59. The zero-order chi connectivity index (χ0) is 24.7. The monoisotopic (exact) mass is 589 g/mol. The van der Waals surface area contributed by atoms with Crippen molar-refractivity contribution in [2.24, 2.45) is 0 Å². The molecule has 0 fully saturated rings. The number of allylic oxidation sites excluding steroid dienone is 4. The molecule has 3 aromatic heterocycles. The van der Waals surface area contributed by atoms with Crippen LogP contribution in [0.5, 0.6) is 0 Å². The minimum atomic E-state index is -0.115. The average Bonchev–Trinajstić information content (AvgIpc) is 3.55. The average molecular weight is 591 g/mol. The van der Waals surface area contributed by atoms with Crippen molar-refractivity contribution in [3.63, 3.8) is 0 Å². The molecule has 0 spiro atoms. The maximum atomic E-state index is 6.68. The van der Waals surface area contributed by atoms with E-state index < -0.39 is 0 Å². The molecule has 4 aromatic rings. The predicted octanol–water partition coefficient (Wildman–Crippen LogP) is 7.09. The molecule has 11 heteroatoms. The van der Waals surface area contributed by atoms with Gasteiger partial charge in [-0.05, 0) is 24.6 Å². The SMILES string of the molecule is CC(C)(C)c1nnc(-c2nc(-c3ccc(Cl)cc3Cl)n(C3C=CC(Br)=CC3)c2Cn2cncn2)s1. The highest BCUT2D eigenvalue weighted by Crippen LogP contribution is 2.40. The highest BCUT2D eigenvalue weighted by Gasteiger charge is 2.29. The lowest BCUT2D eigenvalue weighted by Crippen LogP contribution is -2.15. The Labute approximate surface area is 225 Å². The minimum Gasteiger partial charge on any atom is -0.318 e. The van der Waals surface area contributed by atoms with Crippen LogP contribution in [0.3, 0.4) is 0 Å². The Morgan fingerprint density at radius 1 is 1.20 bits per heavy atom. The smallest absolute Gasteiger partial charge is 0.168 e. The molecule has 7 nitrogen and oxygen atoms in total. The maximum absolute atomic E-state index is 6.68. The molecule has 0 aliphatic heterocycles. The first kappa shape index (κ1) is 24.4. The van der Waals surface area contributed by atoms with Gasteiger partial charge in [0, 0.05) is 20.5 Å². The number of nitrogens with zero attached hydrogens (tertiary/aromatic N) is 7. The van der Waals surface area contributed by atoms with E-state index in [1.54, 1.807) is 28.4 Å². The fourth-order valence-electron chi connectivity index (χ4n) is 3.87. The molecule has 0 radical (unpaired) electrons. The van der Waals surface area contributed by atoms with E-state index in [0.29, 0.717) is 16.6 Å². The van der Waals surface area contributed by atoms with Crippen molar-refractivity contribution in [2.75, 3.05) is 0 Å². The van der Waals surface area contributed by atoms with Gasteiger partial charge < -0.3 is 4.57 Å². The third-order valence-corrected chi connectivity index (χ3v) is 8.08. The summed E-state index contributed by atoms with van der Waals surface area (Å²) in [6.07, 6.45) is 10.4. The summed E-state index contributed by atoms with van der Waals surface area (Å²) in [5.74, 6) is 0.741. The molecule has 0 saturated heterocycles. The van der Waals surface area contributed by atoms with Crippen LogP contribution in [0.4, 0.5) is 0 Å². The Morgan fingerprint density at radius 3 is 2.66 bits per heavy atom. The van der Waals surface area contributed by atoms with Crippen LogP contribution in [0, 0.1) is 0 Å². The molecular formula is C24H22BrCl2N7S. The van der Waals surface area contributed by atoms with Gasteiger partial charge in [0.25, 0.3) is 0 Å². The fourth-order valence-corrected chi connectivity index (χ4v) is 5.62. The van der Waals surface area contributed by atoms with Crippen LogP contribution in [0.15, 0.2) is 53.6 Å². The fraction of sp³-hybridized carbons (Fsp3) is 0.292. The molecule has 0 N–H and O–H groups in total. The maximum Gasteiger partial charge on any atom is 0.168 e. The zero-order valence-corrected chi connectivity index (χ0v) is 23.2. The molecular weight excluding hydrogens is 569 g/mol. The van der Waals surface area contributed by atoms with E-state index in [0.717, 1.165) is 43.7 Å². The molecule has 1 unspecified atom stereocenters. The second-order valence-electron chi connectivity index (χ2n) is 9.23. The molecule has 1 aromatic carbocycles. The van der Waals surface area contributed by atoms with Crippen LogP contribution in [-0.2, 0) is 12.0 Å². The number of benzene rings is 1. The summed E-state index contributed by atoms with van der Waals surface area (Å²) in [5, 5.41) is 16.2. The Hall–Kier alpha value is -2.33. The summed E-state index contributed by atoms with van der Waals surface area (Å²) in [6.45, 7) is 6.85. The van der Waals surface area contributed by atoms with Gasteiger partial charge >= 0.3 is 0 Å². The van der Waals surface area contributed by atoms with Crippen LogP contribution < -0.4 is 0 Å². The molecule has 1 atom stereocenters. The quantitative estimate of drug-likeness (QED) is 0.248. The second kappa shape index (κ2) is 9.61. The molecule has 1 aliphatic carbocycles. The topological polar surface area (TPSA) is 74.3 Å². The van der Waals surface area contributed by atoms with E-state index in [2.05, 4.69) is 79.8 Å². The van der Waals surface area contributed by atoms with Gasteiger partial charge in [0.1, 0.15) is 29.2 Å². The van der Waals surface area contributed by atoms with Gasteiger partial charge in [-0.3, -0.25) is 0 Å². The van der Waals surface area contributed by atoms with E-state index in [4.69, 9.17) is 28.2 Å². The van der Waals surface area contributed by atoms with Crippen molar-refractivity contribution in [3.05, 3.63) is 74.3 Å². The summed E-state index contributed by atoms with van der Waals surface area (Å²) in [5.41, 5.74) is 2.39. The van der Waals surface area contributed by atoms with E-state index >= 15 is 0 Å². The van der Waals surface area contributed by atoms with Crippen molar-refractivity contribution < 1.29 is 0 Å². The van der Waals surface area contributed by atoms with Crippen LogP contribution >= 0.6 is 50.5 Å². The zero-order valence-electron chi connectivity index (χ0n) is 19.3. The highest BCUT2D eigenvalue weighted by atomic mass is 79.9. The molecule has 35 heavy (non-hydrogen) atoms. The lowest BCUT2D eigenvalue weighted by Gasteiger charge is -2.22. The van der Waals surface area contributed by atoms with Crippen molar-refractivity contribution >= 4 is 50.5 Å².